The fourth-order valence-corrected chi connectivity index (χ4v) is 2.97. The van der Waals surface area contributed by atoms with Crippen molar-refractivity contribution in [2.75, 3.05) is 7.05 Å². The maximum Gasteiger partial charge on any atom is 0.165 e. The highest BCUT2D eigenvalue weighted by Crippen LogP contribution is 2.34. The van der Waals surface area contributed by atoms with E-state index in [1.807, 2.05) is 11.7 Å². The van der Waals surface area contributed by atoms with Gasteiger partial charge in [-0.05, 0) is 42.7 Å². The number of nitrogens with zero attached hydrogens (tertiary/aromatic N) is 4. The van der Waals surface area contributed by atoms with E-state index in [4.69, 9.17) is 0 Å². The third-order valence-corrected chi connectivity index (χ3v) is 3.82. The molecule has 0 aliphatic heterocycles. The van der Waals surface area contributed by atoms with Gasteiger partial charge < -0.3 is 5.32 Å². The minimum absolute atomic E-state index is 0.480. The van der Waals surface area contributed by atoms with Crippen LogP contribution >= 0.6 is 0 Å². The summed E-state index contributed by atoms with van der Waals surface area (Å²) in [5.74, 6) is 1.72. The van der Waals surface area contributed by atoms with Crippen molar-refractivity contribution < 1.29 is 0 Å². The molecule has 17 heavy (non-hydrogen) atoms. The van der Waals surface area contributed by atoms with Gasteiger partial charge in [0.2, 0.25) is 0 Å². The first-order chi connectivity index (χ1) is 8.36. The van der Waals surface area contributed by atoms with Crippen LogP contribution in [-0.2, 0) is 6.54 Å². The van der Waals surface area contributed by atoms with E-state index in [9.17, 15) is 0 Å². The van der Waals surface area contributed by atoms with Gasteiger partial charge in [0.05, 0.1) is 12.6 Å². The normalized spacial score (nSPS) is 19.4. The van der Waals surface area contributed by atoms with Crippen LogP contribution in [0.15, 0.2) is 0 Å². The maximum atomic E-state index is 4.20. The molecule has 1 atom stereocenters. The molecule has 0 bridgehead atoms. The van der Waals surface area contributed by atoms with Crippen LogP contribution in [0.3, 0.4) is 0 Å². The van der Waals surface area contributed by atoms with E-state index >= 15 is 0 Å². The van der Waals surface area contributed by atoms with Crippen molar-refractivity contribution in [2.45, 2.75) is 58.0 Å². The smallest absolute Gasteiger partial charge is 0.165 e. The topological polar surface area (TPSA) is 55.6 Å². The zero-order valence-electron chi connectivity index (χ0n) is 10.9. The predicted molar refractivity (Wildman–Crippen MR) is 66.5 cm³/mol. The number of hydrogen-bond acceptors (Lipinski definition) is 4. The SMILES string of the molecule is CCC(C1CCCCC1)n1nnnc1CNC. The van der Waals surface area contributed by atoms with Gasteiger partial charge in [-0.25, -0.2) is 4.68 Å². The largest absolute Gasteiger partial charge is 0.313 e. The van der Waals surface area contributed by atoms with Crippen molar-refractivity contribution in [3.63, 3.8) is 0 Å². The molecule has 0 aromatic carbocycles. The van der Waals surface area contributed by atoms with Crippen molar-refractivity contribution in [1.82, 2.24) is 25.5 Å². The number of rotatable bonds is 5. The molecular weight excluding hydrogens is 214 g/mol. The summed E-state index contributed by atoms with van der Waals surface area (Å²) in [6.07, 6.45) is 7.91. The van der Waals surface area contributed by atoms with Crippen molar-refractivity contribution in [3.05, 3.63) is 5.82 Å². The highest BCUT2D eigenvalue weighted by molar-refractivity contribution is 4.86. The van der Waals surface area contributed by atoms with Crippen molar-refractivity contribution >= 4 is 0 Å². The maximum absolute atomic E-state index is 4.20. The third kappa shape index (κ3) is 2.83. The van der Waals surface area contributed by atoms with Crippen LogP contribution < -0.4 is 5.32 Å². The van der Waals surface area contributed by atoms with Gasteiger partial charge in [-0.1, -0.05) is 26.2 Å². The van der Waals surface area contributed by atoms with Crippen LogP contribution in [0, 0.1) is 5.92 Å². The first kappa shape index (κ1) is 12.5. The molecule has 0 amide bonds. The molecule has 0 spiro atoms. The molecule has 1 unspecified atom stereocenters. The fourth-order valence-electron chi connectivity index (χ4n) is 2.97. The molecule has 0 radical (unpaired) electrons. The molecule has 2 rings (SSSR count). The Morgan fingerprint density at radius 1 is 1.35 bits per heavy atom. The second-order valence-corrected chi connectivity index (χ2v) is 4.94. The average molecular weight is 237 g/mol. The van der Waals surface area contributed by atoms with Gasteiger partial charge in [-0.2, -0.15) is 0 Å². The summed E-state index contributed by atoms with van der Waals surface area (Å²) in [6.45, 7) is 2.99. The molecule has 1 aromatic heterocycles. The molecule has 1 heterocycles. The van der Waals surface area contributed by atoms with Crippen molar-refractivity contribution in [2.24, 2.45) is 5.92 Å². The lowest BCUT2D eigenvalue weighted by Gasteiger charge is -2.29. The summed E-state index contributed by atoms with van der Waals surface area (Å²) in [5, 5.41) is 15.3. The van der Waals surface area contributed by atoms with Crippen LogP contribution in [0.25, 0.3) is 0 Å². The quantitative estimate of drug-likeness (QED) is 0.850. The van der Waals surface area contributed by atoms with Crippen LogP contribution in [0.1, 0.15) is 57.3 Å². The Morgan fingerprint density at radius 3 is 2.76 bits per heavy atom. The van der Waals surface area contributed by atoms with E-state index < -0.39 is 0 Å². The summed E-state index contributed by atoms with van der Waals surface area (Å²) in [7, 11) is 1.93. The summed E-state index contributed by atoms with van der Waals surface area (Å²) in [4.78, 5) is 0. The highest BCUT2D eigenvalue weighted by atomic mass is 15.6. The number of nitrogens with one attached hydrogen (secondary N) is 1. The zero-order valence-corrected chi connectivity index (χ0v) is 10.9. The van der Waals surface area contributed by atoms with E-state index in [1.165, 1.54) is 32.1 Å². The summed E-state index contributed by atoms with van der Waals surface area (Å²) < 4.78 is 2.05. The molecule has 0 saturated heterocycles. The summed E-state index contributed by atoms with van der Waals surface area (Å²) >= 11 is 0. The highest BCUT2D eigenvalue weighted by Gasteiger charge is 2.26. The second-order valence-electron chi connectivity index (χ2n) is 4.94. The summed E-state index contributed by atoms with van der Waals surface area (Å²) in [5.41, 5.74) is 0. The monoisotopic (exact) mass is 237 g/mol. The van der Waals surface area contributed by atoms with Gasteiger partial charge in [0.25, 0.3) is 0 Å². The Kier molecular flexibility index (Phi) is 4.48. The van der Waals surface area contributed by atoms with Gasteiger partial charge in [0.1, 0.15) is 0 Å². The minimum Gasteiger partial charge on any atom is -0.313 e. The van der Waals surface area contributed by atoms with Gasteiger partial charge in [0.15, 0.2) is 5.82 Å². The van der Waals surface area contributed by atoms with E-state index in [-0.39, 0.29) is 0 Å². The molecule has 1 N–H and O–H groups in total. The van der Waals surface area contributed by atoms with Gasteiger partial charge >= 0.3 is 0 Å². The third-order valence-electron chi connectivity index (χ3n) is 3.82. The number of hydrogen-bond donors (Lipinski definition) is 1. The zero-order chi connectivity index (χ0) is 12.1. The molecule has 1 fully saturated rings. The minimum atomic E-state index is 0.480. The fraction of sp³-hybridized carbons (Fsp3) is 0.917. The number of aromatic nitrogens is 4. The summed E-state index contributed by atoms with van der Waals surface area (Å²) in [6, 6.07) is 0.480. The first-order valence-electron chi connectivity index (χ1n) is 6.78. The van der Waals surface area contributed by atoms with E-state index in [0.717, 1.165) is 24.7 Å². The van der Waals surface area contributed by atoms with E-state index in [0.29, 0.717) is 6.04 Å². The molecule has 1 aromatic rings. The van der Waals surface area contributed by atoms with Gasteiger partial charge in [-0.3, -0.25) is 0 Å². The average Bonchev–Trinajstić information content (AvgIpc) is 2.81. The standard InChI is InChI=1S/C12H23N5/c1-3-11(10-7-5-4-6-8-10)17-12(9-13-2)14-15-16-17/h10-11,13H,3-9H2,1-2H3. The molecule has 1 aliphatic rings. The van der Waals surface area contributed by atoms with Crippen molar-refractivity contribution in [1.29, 1.82) is 0 Å². The Bertz CT molecular complexity index is 329. The van der Waals surface area contributed by atoms with Crippen LogP contribution in [0.5, 0.6) is 0 Å². The lowest BCUT2D eigenvalue weighted by molar-refractivity contribution is 0.222. The van der Waals surface area contributed by atoms with Crippen LogP contribution in [-0.4, -0.2) is 27.3 Å². The lowest BCUT2D eigenvalue weighted by Crippen LogP contribution is -2.25. The van der Waals surface area contributed by atoms with Gasteiger partial charge in [0, 0.05) is 0 Å². The van der Waals surface area contributed by atoms with Crippen LogP contribution in [0.2, 0.25) is 0 Å². The van der Waals surface area contributed by atoms with E-state index in [2.05, 4.69) is 27.8 Å². The lowest BCUT2D eigenvalue weighted by atomic mass is 9.83. The molecule has 1 saturated carbocycles. The molecule has 5 heteroatoms. The molecule has 96 valence electrons. The predicted octanol–water partition coefficient (Wildman–Crippen LogP) is 1.92. The molecule has 1 aliphatic carbocycles. The van der Waals surface area contributed by atoms with Gasteiger partial charge in [-0.15, -0.1) is 5.10 Å². The van der Waals surface area contributed by atoms with Crippen molar-refractivity contribution in [3.8, 4) is 0 Å². The Morgan fingerprint density at radius 2 is 2.12 bits per heavy atom. The first-order valence-corrected chi connectivity index (χ1v) is 6.78. The Hall–Kier alpha value is -0.970. The Balaban J connectivity index is 2.12. The van der Waals surface area contributed by atoms with Crippen LogP contribution in [0.4, 0.5) is 0 Å². The number of tetrazole rings is 1. The van der Waals surface area contributed by atoms with E-state index in [1.54, 1.807) is 0 Å². The molecular formula is C12H23N5. The molecule has 5 nitrogen and oxygen atoms in total. The Labute approximate surface area is 103 Å². The second kappa shape index (κ2) is 6.10.